The maximum atomic E-state index is 13.6. The number of carbonyl (C=O) groups excluding carboxylic acids is 2. The smallest absolute Gasteiger partial charge is 0.255 e. The highest BCUT2D eigenvalue weighted by atomic mass is 16.2. The highest BCUT2D eigenvalue weighted by Gasteiger charge is 2.60. The second kappa shape index (κ2) is 7.07. The summed E-state index contributed by atoms with van der Waals surface area (Å²) in [6, 6.07) is 15.6. The Morgan fingerprint density at radius 3 is 2.79 bits per heavy atom. The van der Waals surface area contributed by atoms with Crippen molar-refractivity contribution < 1.29 is 9.59 Å². The number of fused-ring (bicyclic) bond motifs is 4. The Balaban J connectivity index is 1.28. The molecule has 1 aliphatic heterocycles. The molecule has 2 heterocycles. The zero-order valence-electron chi connectivity index (χ0n) is 19.0. The monoisotopic (exact) mass is 443 g/mol. The number of benzene rings is 2. The minimum atomic E-state index is -0.494. The zero-order chi connectivity index (χ0) is 22.8. The van der Waals surface area contributed by atoms with Crippen LogP contribution in [0.2, 0.25) is 0 Å². The van der Waals surface area contributed by atoms with Crippen molar-refractivity contribution in [1.82, 2.24) is 14.9 Å². The number of para-hydroxylation sites is 3. The molecule has 7 nitrogen and oxygen atoms in total. The summed E-state index contributed by atoms with van der Waals surface area (Å²) in [5, 5.41) is 10.1. The average molecular weight is 444 g/mol. The lowest BCUT2D eigenvalue weighted by molar-refractivity contribution is -0.134. The lowest BCUT2D eigenvalue weighted by atomic mass is 9.51. The molecule has 2 bridgehead atoms. The lowest BCUT2D eigenvalue weighted by Crippen LogP contribution is -2.70. The largest absolute Gasteiger partial charge is 0.362 e. The average Bonchev–Trinajstić information content (AvgIpc) is 3.15. The van der Waals surface area contributed by atoms with Crippen LogP contribution in [0.4, 0.5) is 11.6 Å². The minimum Gasteiger partial charge on any atom is -0.362 e. The molecule has 0 radical (unpaired) electrons. The summed E-state index contributed by atoms with van der Waals surface area (Å²) < 4.78 is 2.05. The minimum absolute atomic E-state index is 0.0295. The fourth-order valence-corrected chi connectivity index (χ4v) is 6.54. The van der Waals surface area contributed by atoms with Crippen molar-refractivity contribution in [2.24, 2.45) is 17.3 Å². The maximum absolute atomic E-state index is 13.6. The van der Waals surface area contributed by atoms with Gasteiger partial charge >= 0.3 is 0 Å². The predicted octanol–water partition coefficient (Wildman–Crippen LogP) is 4.37. The number of aromatic nitrogens is 2. The number of hydrogen-bond acceptors (Lipinski definition) is 4. The molecule has 3 aromatic rings. The van der Waals surface area contributed by atoms with Crippen LogP contribution < -0.4 is 16.0 Å². The van der Waals surface area contributed by atoms with Crippen LogP contribution >= 0.6 is 0 Å². The number of carbonyl (C=O) groups is 2. The van der Waals surface area contributed by atoms with E-state index in [0.717, 1.165) is 48.9 Å². The van der Waals surface area contributed by atoms with E-state index in [0.29, 0.717) is 11.5 Å². The van der Waals surface area contributed by atoms with E-state index < -0.39 is 5.66 Å². The Kier molecular flexibility index (Phi) is 4.34. The third-order valence-electron chi connectivity index (χ3n) is 8.19. The van der Waals surface area contributed by atoms with Gasteiger partial charge in [-0.1, -0.05) is 31.2 Å². The van der Waals surface area contributed by atoms with Crippen LogP contribution in [0.1, 0.15) is 49.9 Å². The van der Waals surface area contributed by atoms with E-state index in [-0.39, 0.29) is 29.1 Å². The number of amides is 2. The molecule has 170 valence electrons. The van der Waals surface area contributed by atoms with E-state index in [1.807, 2.05) is 48.5 Å². The first kappa shape index (κ1) is 20.3. The Bertz CT molecular complexity index is 1280. The number of nitrogens with one attached hydrogen (secondary N) is 3. The number of imidazole rings is 1. The molecule has 0 saturated heterocycles. The summed E-state index contributed by atoms with van der Waals surface area (Å²) in [4.78, 5) is 31.2. The number of anilines is 2. The molecule has 2 amide bonds. The standard InChI is InChI=1S/C26H29N5O2/c1-3-31-21-11-7-6-10-20(21)27-24(31)28-23(33)18-14-16-12-13-25(18,2)15-26(16)29-19-9-5-4-8-17(19)22(32)30-26/h4-11,16,18,29H,3,12-15H2,1-2H3,(H,30,32)(H,27,28,33)/t16-,18-,25+,26-/m0/s1. The van der Waals surface area contributed by atoms with Crippen LogP contribution in [0.15, 0.2) is 48.5 Å². The van der Waals surface area contributed by atoms with E-state index in [1.54, 1.807) is 0 Å². The predicted molar refractivity (Wildman–Crippen MR) is 128 cm³/mol. The molecule has 33 heavy (non-hydrogen) atoms. The van der Waals surface area contributed by atoms with Gasteiger partial charge in [-0.3, -0.25) is 14.9 Å². The highest BCUT2D eigenvalue weighted by molar-refractivity contribution is 6.02. The number of rotatable bonds is 3. The fourth-order valence-electron chi connectivity index (χ4n) is 6.54. The van der Waals surface area contributed by atoms with E-state index in [2.05, 4.69) is 39.3 Å². The molecule has 3 fully saturated rings. The van der Waals surface area contributed by atoms with E-state index >= 15 is 0 Å². The van der Waals surface area contributed by atoms with Gasteiger partial charge in [-0.2, -0.15) is 0 Å². The van der Waals surface area contributed by atoms with Crippen molar-refractivity contribution in [2.45, 2.75) is 51.7 Å². The lowest BCUT2D eigenvalue weighted by Gasteiger charge is -2.60. The summed E-state index contributed by atoms with van der Waals surface area (Å²) >= 11 is 0. The van der Waals surface area contributed by atoms with Crippen molar-refractivity contribution in [3.63, 3.8) is 0 Å². The van der Waals surface area contributed by atoms with Crippen molar-refractivity contribution >= 4 is 34.5 Å². The first-order valence-corrected chi connectivity index (χ1v) is 11.9. The molecule has 3 aliphatic carbocycles. The molecule has 3 N–H and O–H groups in total. The van der Waals surface area contributed by atoms with Crippen molar-refractivity contribution in [2.75, 3.05) is 10.6 Å². The summed E-state index contributed by atoms with van der Waals surface area (Å²) in [5.41, 5.74) is 2.77. The topological polar surface area (TPSA) is 88.0 Å². The van der Waals surface area contributed by atoms with E-state index in [1.165, 1.54) is 0 Å². The molecule has 0 unspecified atom stereocenters. The normalized spacial score (nSPS) is 30.1. The van der Waals surface area contributed by atoms with Gasteiger partial charge < -0.3 is 15.2 Å². The second-order valence-electron chi connectivity index (χ2n) is 10.1. The molecule has 4 aliphatic rings. The molecule has 7 heteroatoms. The van der Waals surface area contributed by atoms with Crippen LogP contribution in [-0.4, -0.2) is 27.0 Å². The number of aryl methyl sites for hydroxylation is 1. The Hall–Kier alpha value is -3.35. The molecular formula is C26H29N5O2. The van der Waals surface area contributed by atoms with Gasteiger partial charge in [0.25, 0.3) is 5.91 Å². The molecule has 2 aromatic carbocycles. The Morgan fingerprint density at radius 1 is 1.18 bits per heavy atom. The third kappa shape index (κ3) is 2.98. The van der Waals surface area contributed by atoms with Crippen LogP contribution in [0.3, 0.4) is 0 Å². The van der Waals surface area contributed by atoms with Crippen LogP contribution in [-0.2, 0) is 11.3 Å². The highest BCUT2D eigenvalue weighted by Crippen LogP contribution is 2.58. The van der Waals surface area contributed by atoms with Gasteiger partial charge in [0.1, 0.15) is 5.66 Å². The SMILES string of the molecule is CCn1c(NC(=O)[C@@H]2C[C@@H]3CC[C@]2(C)C[C@]32NC(=O)c3ccccc3N2)nc2ccccc21. The van der Waals surface area contributed by atoms with Crippen molar-refractivity contribution in [3.8, 4) is 0 Å². The number of nitrogens with zero attached hydrogens (tertiary/aromatic N) is 2. The first-order valence-electron chi connectivity index (χ1n) is 11.9. The molecule has 1 spiro atoms. The third-order valence-corrected chi connectivity index (χ3v) is 8.19. The fraction of sp³-hybridized carbons (Fsp3) is 0.423. The van der Waals surface area contributed by atoms with Gasteiger partial charge in [-0.05, 0) is 62.3 Å². The summed E-state index contributed by atoms with van der Waals surface area (Å²) in [7, 11) is 0. The van der Waals surface area contributed by atoms with E-state index in [9.17, 15) is 9.59 Å². The summed E-state index contributed by atoms with van der Waals surface area (Å²) in [5.74, 6) is 0.685. The zero-order valence-corrected chi connectivity index (χ0v) is 19.0. The molecule has 4 atom stereocenters. The molecule has 7 rings (SSSR count). The number of hydrogen-bond donors (Lipinski definition) is 3. The van der Waals surface area contributed by atoms with Gasteiger partial charge in [0.15, 0.2) is 0 Å². The summed E-state index contributed by atoms with van der Waals surface area (Å²) in [6.45, 7) is 5.00. The quantitative estimate of drug-likeness (QED) is 0.561. The van der Waals surface area contributed by atoms with Crippen LogP contribution in [0.5, 0.6) is 0 Å². The van der Waals surface area contributed by atoms with Gasteiger partial charge in [-0.15, -0.1) is 0 Å². The van der Waals surface area contributed by atoms with Crippen LogP contribution in [0.25, 0.3) is 11.0 Å². The van der Waals surface area contributed by atoms with Crippen molar-refractivity contribution in [1.29, 1.82) is 0 Å². The maximum Gasteiger partial charge on any atom is 0.255 e. The Labute approximate surface area is 193 Å². The molecule has 1 aromatic heterocycles. The summed E-state index contributed by atoms with van der Waals surface area (Å²) in [6.07, 6.45) is 3.43. The van der Waals surface area contributed by atoms with E-state index in [4.69, 9.17) is 0 Å². The van der Waals surface area contributed by atoms with Crippen LogP contribution in [0, 0.1) is 17.3 Å². The van der Waals surface area contributed by atoms with Gasteiger partial charge in [0, 0.05) is 24.1 Å². The first-order chi connectivity index (χ1) is 15.9. The Morgan fingerprint density at radius 2 is 1.97 bits per heavy atom. The molecular weight excluding hydrogens is 414 g/mol. The second-order valence-corrected chi connectivity index (χ2v) is 10.1. The van der Waals surface area contributed by atoms with Gasteiger partial charge in [-0.25, -0.2) is 4.98 Å². The van der Waals surface area contributed by atoms with Gasteiger partial charge in [0.05, 0.1) is 16.6 Å². The van der Waals surface area contributed by atoms with Crippen molar-refractivity contribution in [3.05, 3.63) is 54.1 Å². The molecule has 3 saturated carbocycles. The van der Waals surface area contributed by atoms with Gasteiger partial charge in [0.2, 0.25) is 11.9 Å².